The Morgan fingerprint density at radius 3 is 2.12 bits per heavy atom. The second kappa shape index (κ2) is 10.7. The molecule has 0 bridgehead atoms. The van der Waals surface area contributed by atoms with Crippen LogP contribution in [0.4, 0.5) is 0 Å². The van der Waals surface area contributed by atoms with Gasteiger partial charge in [0.2, 0.25) is 11.0 Å². The lowest BCUT2D eigenvalue weighted by Crippen LogP contribution is -2.33. The lowest BCUT2D eigenvalue weighted by molar-refractivity contribution is -0.617. The number of benzene rings is 4. The molecule has 0 saturated heterocycles. The zero-order chi connectivity index (χ0) is 28.6. The maximum atomic E-state index is 13.0. The van der Waals surface area contributed by atoms with E-state index in [0.717, 1.165) is 22.3 Å². The molecule has 5 aromatic rings. The topological polar surface area (TPSA) is 88.8 Å². The van der Waals surface area contributed by atoms with Gasteiger partial charge in [0.1, 0.15) is 25.2 Å². The van der Waals surface area contributed by atoms with E-state index in [9.17, 15) is 14.7 Å². The molecule has 1 heterocycles. The number of pyridine rings is 1. The first-order valence-corrected chi connectivity index (χ1v) is 12.8. The van der Waals surface area contributed by atoms with Crippen LogP contribution in [0.25, 0.3) is 32.9 Å². The second-order valence-electron chi connectivity index (χ2n) is 9.69. The zero-order valence-corrected chi connectivity index (χ0v) is 23.0. The van der Waals surface area contributed by atoms with Crippen molar-refractivity contribution in [2.45, 2.75) is 20.5 Å². The van der Waals surface area contributed by atoms with Crippen molar-refractivity contribution in [2.24, 2.45) is 7.05 Å². The van der Waals surface area contributed by atoms with Gasteiger partial charge in [-0.3, -0.25) is 0 Å². The fraction of sp³-hybridized carbons (Fsp3) is 0.182. The molecule has 0 unspecified atom stereocenters. The number of methoxy groups -OCH3 is 2. The fourth-order valence-electron chi connectivity index (χ4n) is 5.42. The summed E-state index contributed by atoms with van der Waals surface area (Å²) in [6.45, 7) is 3.94. The van der Waals surface area contributed by atoms with E-state index >= 15 is 0 Å². The average Bonchev–Trinajstić information content (AvgIpc) is 2.95. The monoisotopic (exact) mass is 535 g/mol. The van der Waals surface area contributed by atoms with Gasteiger partial charge >= 0.3 is 5.97 Å². The zero-order valence-electron chi connectivity index (χ0n) is 23.0. The van der Waals surface area contributed by atoms with Crippen molar-refractivity contribution in [1.82, 2.24) is 0 Å². The van der Waals surface area contributed by atoms with Gasteiger partial charge in [-0.05, 0) is 66.4 Å². The van der Waals surface area contributed by atoms with Gasteiger partial charge in [-0.25, -0.2) is 4.79 Å². The van der Waals surface area contributed by atoms with Crippen LogP contribution in [-0.2, 0) is 18.4 Å². The lowest BCUT2D eigenvalue weighted by atomic mass is 9.88. The highest BCUT2D eigenvalue weighted by atomic mass is 16.5. The number of aryl methyl sites for hydroxylation is 3. The Morgan fingerprint density at radius 2 is 1.50 bits per heavy atom. The first-order valence-electron chi connectivity index (χ1n) is 12.8. The van der Waals surface area contributed by atoms with Crippen LogP contribution in [0.5, 0.6) is 11.5 Å². The number of carboxylic acid groups (broad SMARTS) is 1. The lowest BCUT2D eigenvalue weighted by Gasteiger charge is -2.20. The van der Waals surface area contributed by atoms with Crippen LogP contribution in [0.15, 0.2) is 72.8 Å². The Labute approximate surface area is 232 Å². The molecule has 7 heteroatoms. The molecule has 0 aliphatic heterocycles. The standard InChI is InChI=1S/C33H29NO6/c1-19-15-22(33(37)40-18-21-9-7-6-8-10-21)16-20(2)28(19)31-27(39-5)14-13-26-30(31)29(32(35)36)24-17-23(38-4)11-12-25(24)34(26)3/h6-17H,18H2,1-5H3. The van der Waals surface area contributed by atoms with Crippen LogP contribution in [0.3, 0.4) is 0 Å². The highest BCUT2D eigenvalue weighted by Gasteiger charge is 2.27. The largest absolute Gasteiger partial charge is 0.545 e. The number of hydrogen-bond donors (Lipinski definition) is 0. The molecule has 0 atom stereocenters. The van der Waals surface area contributed by atoms with Crippen molar-refractivity contribution < 1.29 is 33.5 Å². The number of esters is 1. The smallest absolute Gasteiger partial charge is 0.338 e. The molecule has 1 aromatic heterocycles. The van der Waals surface area contributed by atoms with Crippen molar-refractivity contribution in [3.05, 3.63) is 101 Å². The molecule has 0 saturated carbocycles. The highest BCUT2D eigenvalue weighted by molar-refractivity contribution is 6.17. The second-order valence-corrected chi connectivity index (χ2v) is 9.69. The van der Waals surface area contributed by atoms with Crippen molar-refractivity contribution in [2.75, 3.05) is 14.2 Å². The number of fused-ring (bicyclic) bond motifs is 2. The highest BCUT2D eigenvalue weighted by Crippen LogP contribution is 2.43. The summed E-state index contributed by atoms with van der Waals surface area (Å²) < 4.78 is 18.7. The molecule has 0 aliphatic carbocycles. The maximum Gasteiger partial charge on any atom is 0.338 e. The molecule has 5 rings (SSSR count). The molecular formula is C33H29NO6. The number of carbonyl (C=O) groups excluding carboxylic acids is 2. The number of carboxylic acids is 1. The summed E-state index contributed by atoms with van der Waals surface area (Å²) in [6, 6.07) is 22.0. The third-order valence-electron chi connectivity index (χ3n) is 7.25. The van der Waals surface area contributed by atoms with Gasteiger partial charge in [-0.2, -0.15) is 4.57 Å². The van der Waals surface area contributed by atoms with Crippen LogP contribution >= 0.6 is 0 Å². The van der Waals surface area contributed by atoms with Crippen LogP contribution < -0.4 is 19.1 Å². The molecule has 40 heavy (non-hydrogen) atoms. The van der Waals surface area contributed by atoms with Crippen molar-refractivity contribution >= 4 is 33.7 Å². The third-order valence-corrected chi connectivity index (χ3v) is 7.25. The third kappa shape index (κ3) is 4.60. The molecule has 0 fully saturated rings. The molecule has 0 radical (unpaired) electrons. The summed E-state index contributed by atoms with van der Waals surface area (Å²) in [5.41, 5.74) is 5.69. The first-order chi connectivity index (χ1) is 19.2. The molecule has 0 N–H and O–H groups in total. The summed E-state index contributed by atoms with van der Waals surface area (Å²) >= 11 is 0. The predicted molar refractivity (Wildman–Crippen MR) is 151 cm³/mol. The number of nitrogens with zero attached hydrogens (tertiary/aromatic N) is 1. The molecule has 7 nitrogen and oxygen atoms in total. The van der Waals surface area contributed by atoms with Gasteiger partial charge in [-0.15, -0.1) is 0 Å². The quantitative estimate of drug-likeness (QED) is 0.168. The minimum absolute atomic E-state index is 0.0426. The first kappa shape index (κ1) is 26.7. The number of aromatic carboxylic acids is 1. The minimum Gasteiger partial charge on any atom is -0.545 e. The summed E-state index contributed by atoms with van der Waals surface area (Å²) in [5, 5.41) is 13.7. The Hall–Kier alpha value is -4.91. The van der Waals surface area contributed by atoms with E-state index in [4.69, 9.17) is 14.2 Å². The van der Waals surface area contributed by atoms with Crippen LogP contribution in [-0.4, -0.2) is 26.2 Å². The summed E-state index contributed by atoms with van der Waals surface area (Å²) in [7, 11) is 4.97. The van der Waals surface area contributed by atoms with Crippen molar-refractivity contribution in [3.63, 3.8) is 0 Å². The minimum atomic E-state index is -1.31. The number of aromatic nitrogens is 1. The molecule has 0 spiro atoms. The number of ether oxygens (including phenoxy) is 3. The van der Waals surface area contributed by atoms with E-state index < -0.39 is 11.9 Å². The van der Waals surface area contributed by atoms with E-state index in [1.807, 2.05) is 74.0 Å². The van der Waals surface area contributed by atoms with E-state index in [0.29, 0.717) is 44.4 Å². The summed E-state index contributed by atoms with van der Waals surface area (Å²) in [5.74, 6) is -0.714. The average molecular weight is 536 g/mol. The van der Waals surface area contributed by atoms with Crippen LogP contribution in [0.2, 0.25) is 0 Å². The molecule has 4 aromatic carbocycles. The Morgan fingerprint density at radius 1 is 0.825 bits per heavy atom. The predicted octanol–water partition coefficient (Wildman–Crippen LogP) is 4.84. The number of carbonyl (C=O) groups is 2. The SMILES string of the molecule is COc1ccc2c(c1)c(C(=O)[O-])c1c(-c3c(C)cc(C(=O)OCc4ccccc4)cc3C)c(OC)ccc1[n+]2C. The van der Waals surface area contributed by atoms with Gasteiger partial charge in [0, 0.05) is 23.3 Å². The number of rotatable bonds is 7. The van der Waals surface area contributed by atoms with Gasteiger partial charge in [0.05, 0.1) is 36.5 Å². The molecule has 0 aliphatic rings. The van der Waals surface area contributed by atoms with E-state index in [-0.39, 0.29) is 12.2 Å². The van der Waals surface area contributed by atoms with Crippen LogP contribution in [0.1, 0.15) is 37.4 Å². The molecule has 202 valence electrons. The fourth-order valence-corrected chi connectivity index (χ4v) is 5.42. The van der Waals surface area contributed by atoms with Gasteiger partial charge < -0.3 is 24.1 Å². The van der Waals surface area contributed by atoms with Crippen molar-refractivity contribution in [1.29, 1.82) is 0 Å². The molecular weight excluding hydrogens is 506 g/mol. The van der Waals surface area contributed by atoms with E-state index in [1.165, 1.54) is 7.11 Å². The maximum absolute atomic E-state index is 13.0. The Bertz CT molecular complexity index is 1770. The van der Waals surface area contributed by atoms with Gasteiger partial charge in [0.25, 0.3) is 0 Å². The molecule has 0 amide bonds. The normalized spacial score (nSPS) is 11.0. The van der Waals surface area contributed by atoms with E-state index in [2.05, 4.69) is 0 Å². The van der Waals surface area contributed by atoms with E-state index in [1.54, 1.807) is 31.4 Å². The number of hydrogen-bond acceptors (Lipinski definition) is 6. The Balaban J connectivity index is 1.74. The summed E-state index contributed by atoms with van der Waals surface area (Å²) in [4.78, 5) is 25.7. The van der Waals surface area contributed by atoms with Gasteiger partial charge in [-0.1, -0.05) is 30.3 Å². The summed E-state index contributed by atoms with van der Waals surface area (Å²) in [6.07, 6.45) is 0. The van der Waals surface area contributed by atoms with Crippen molar-refractivity contribution in [3.8, 4) is 22.6 Å². The van der Waals surface area contributed by atoms with Crippen LogP contribution in [0, 0.1) is 13.8 Å². The van der Waals surface area contributed by atoms with Gasteiger partial charge in [0.15, 0.2) is 0 Å². The Kier molecular flexibility index (Phi) is 7.13.